The van der Waals surface area contributed by atoms with Crippen molar-refractivity contribution in [3.63, 3.8) is 0 Å². The first kappa shape index (κ1) is 17.1. The zero-order valence-corrected chi connectivity index (χ0v) is 15.2. The molecule has 0 saturated carbocycles. The van der Waals surface area contributed by atoms with Gasteiger partial charge in [-0.2, -0.15) is 5.10 Å². The summed E-state index contributed by atoms with van der Waals surface area (Å²) in [6.07, 6.45) is 0. The Morgan fingerprint density at radius 3 is 2.50 bits per heavy atom. The Labute approximate surface area is 135 Å². The van der Waals surface area contributed by atoms with Crippen LogP contribution in [-0.2, 0) is 23.1 Å². The highest BCUT2D eigenvalue weighted by molar-refractivity contribution is 7.89. The van der Waals surface area contributed by atoms with Crippen molar-refractivity contribution in [2.45, 2.75) is 52.6 Å². The standard InChI is InChI=1S/C14H22N4O2S2/c1-9(2)7-18-12(5)14(11(4)17-18)22(19,20)16-6-13-10(3)15-8-21-13/h8-9,16H,6-7H2,1-5H3. The van der Waals surface area contributed by atoms with Gasteiger partial charge >= 0.3 is 0 Å². The van der Waals surface area contributed by atoms with E-state index in [1.807, 2.05) is 6.92 Å². The van der Waals surface area contributed by atoms with Crippen molar-refractivity contribution < 1.29 is 8.42 Å². The van der Waals surface area contributed by atoms with E-state index >= 15 is 0 Å². The van der Waals surface area contributed by atoms with E-state index < -0.39 is 10.0 Å². The lowest BCUT2D eigenvalue weighted by atomic mass is 10.2. The SMILES string of the molecule is Cc1ncsc1CNS(=O)(=O)c1c(C)nn(CC(C)C)c1C. The molecule has 122 valence electrons. The monoisotopic (exact) mass is 342 g/mol. The van der Waals surface area contributed by atoms with Crippen LogP contribution >= 0.6 is 11.3 Å². The number of rotatable bonds is 6. The van der Waals surface area contributed by atoms with Gasteiger partial charge in [0.05, 0.1) is 22.6 Å². The van der Waals surface area contributed by atoms with E-state index in [0.29, 0.717) is 23.9 Å². The fraction of sp³-hybridized carbons (Fsp3) is 0.571. The predicted octanol–water partition coefficient (Wildman–Crippen LogP) is 2.40. The van der Waals surface area contributed by atoms with Crippen LogP contribution in [0, 0.1) is 26.7 Å². The molecule has 0 radical (unpaired) electrons. The second-order valence-electron chi connectivity index (χ2n) is 5.76. The third-order valence-corrected chi connectivity index (χ3v) is 5.98. The van der Waals surface area contributed by atoms with Gasteiger partial charge in [0.15, 0.2) is 0 Å². The third-order valence-electron chi connectivity index (χ3n) is 3.39. The number of thiazole rings is 1. The van der Waals surface area contributed by atoms with Crippen LogP contribution in [0.25, 0.3) is 0 Å². The Hall–Kier alpha value is -1.25. The number of aromatic nitrogens is 3. The lowest BCUT2D eigenvalue weighted by molar-refractivity contribution is 0.471. The van der Waals surface area contributed by atoms with Gasteiger partial charge in [-0.25, -0.2) is 18.1 Å². The van der Waals surface area contributed by atoms with Crippen molar-refractivity contribution in [2.24, 2.45) is 5.92 Å². The predicted molar refractivity (Wildman–Crippen MR) is 87.4 cm³/mol. The second-order valence-corrected chi connectivity index (χ2v) is 8.40. The summed E-state index contributed by atoms with van der Waals surface area (Å²) < 4.78 is 29.6. The third kappa shape index (κ3) is 3.56. The van der Waals surface area contributed by atoms with E-state index in [1.54, 1.807) is 24.0 Å². The first-order chi connectivity index (χ1) is 10.2. The molecule has 0 amide bonds. The lowest BCUT2D eigenvalue weighted by Crippen LogP contribution is -2.24. The summed E-state index contributed by atoms with van der Waals surface area (Å²) >= 11 is 1.45. The van der Waals surface area contributed by atoms with Crippen LogP contribution in [0.15, 0.2) is 10.4 Å². The normalized spacial score (nSPS) is 12.3. The molecule has 0 aromatic carbocycles. The van der Waals surface area contributed by atoms with Crippen molar-refractivity contribution in [2.75, 3.05) is 0 Å². The number of hydrogen-bond donors (Lipinski definition) is 1. The maximum atomic E-state index is 12.6. The number of hydrogen-bond acceptors (Lipinski definition) is 5. The molecule has 0 bridgehead atoms. The highest BCUT2D eigenvalue weighted by atomic mass is 32.2. The van der Waals surface area contributed by atoms with Crippen LogP contribution in [0.1, 0.15) is 35.8 Å². The molecule has 8 heteroatoms. The van der Waals surface area contributed by atoms with Crippen molar-refractivity contribution >= 4 is 21.4 Å². The van der Waals surface area contributed by atoms with Gasteiger partial charge in [0.2, 0.25) is 10.0 Å². The number of sulfonamides is 1. The first-order valence-corrected chi connectivity index (χ1v) is 9.51. The zero-order chi connectivity index (χ0) is 16.5. The molecule has 0 aliphatic heterocycles. The Morgan fingerprint density at radius 1 is 1.27 bits per heavy atom. The van der Waals surface area contributed by atoms with E-state index in [1.165, 1.54) is 11.3 Å². The van der Waals surface area contributed by atoms with Crippen LogP contribution in [0.5, 0.6) is 0 Å². The number of aryl methyl sites for hydroxylation is 2. The summed E-state index contributed by atoms with van der Waals surface area (Å²) in [5, 5.41) is 4.37. The van der Waals surface area contributed by atoms with Gasteiger partial charge in [-0.3, -0.25) is 4.68 Å². The summed E-state index contributed by atoms with van der Waals surface area (Å²) in [7, 11) is -3.58. The van der Waals surface area contributed by atoms with Gasteiger partial charge < -0.3 is 0 Å². The molecule has 2 heterocycles. The second kappa shape index (κ2) is 6.47. The van der Waals surface area contributed by atoms with Crippen molar-refractivity contribution in [3.05, 3.63) is 27.5 Å². The molecule has 0 saturated heterocycles. The van der Waals surface area contributed by atoms with Crippen LogP contribution in [0.2, 0.25) is 0 Å². The van der Waals surface area contributed by atoms with Gasteiger partial charge in [0, 0.05) is 18.0 Å². The summed E-state index contributed by atoms with van der Waals surface area (Å²) in [6, 6.07) is 0. The molecule has 1 N–H and O–H groups in total. The molecule has 0 aliphatic rings. The van der Waals surface area contributed by atoms with E-state index in [2.05, 4.69) is 28.7 Å². The van der Waals surface area contributed by atoms with E-state index in [4.69, 9.17) is 0 Å². The van der Waals surface area contributed by atoms with E-state index in [9.17, 15) is 8.42 Å². The van der Waals surface area contributed by atoms with Crippen LogP contribution < -0.4 is 4.72 Å². The van der Waals surface area contributed by atoms with Gasteiger partial charge in [-0.1, -0.05) is 13.8 Å². The van der Waals surface area contributed by atoms with E-state index in [-0.39, 0.29) is 11.4 Å². The smallest absolute Gasteiger partial charge is 0.244 e. The van der Waals surface area contributed by atoms with Gasteiger partial charge in [0.1, 0.15) is 4.90 Å². The summed E-state index contributed by atoms with van der Waals surface area (Å²) in [6.45, 7) is 10.5. The average molecular weight is 342 g/mol. The summed E-state index contributed by atoms with van der Waals surface area (Å²) in [4.78, 5) is 5.34. The van der Waals surface area contributed by atoms with Crippen LogP contribution in [0.4, 0.5) is 0 Å². The number of nitrogens with one attached hydrogen (secondary N) is 1. The summed E-state index contributed by atoms with van der Waals surface area (Å²) in [5.41, 5.74) is 3.79. The van der Waals surface area contributed by atoms with Gasteiger partial charge in [0.25, 0.3) is 0 Å². The minimum absolute atomic E-state index is 0.257. The molecule has 0 fully saturated rings. The van der Waals surface area contributed by atoms with Crippen LogP contribution in [-0.4, -0.2) is 23.2 Å². The molecular formula is C14H22N4O2S2. The first-order valence-electron chi connectivity index (χ1n) is 7.15. The van der Waals surface area contributed by atoms with E-state index in [0.717, 1.165) is 10.6 Å². The molecule has 2 rings (SSSR count). The molecule has 22 heavy (non-hydrogen) atoms. The fourth-order valence-electron chi connectivity index (χ4n) is 2.32. The molecule has 0 unspecified atom stereocenters. The molecule has 2 aromatic rings. The van der Waals surface area contributed by atoms with Crippen molar-refractivity contribution in [1.29, 1.82) is 0 Å². The maximum absolute atomic E-state index is 12.6. The Bertz CT molecular complexity index is 760. The topological polar surface area (TPSA) is 76.9 Å². The zero-order valence-electron chi connectivity index (χ0n) is 13.5. The Morgan fingerprint density at radius 2 is 1.95 bits per heavy atom. The maximum Gasteiger partial charge on any atom is 0.244 e. The minimum Gasteiger partial charge on any atom is -0.268 e. The molecule has 2 aromatic heterocycles. The lowest BCUT2D eigenvalue weighted by Gasteiger charge is -2.09. The molecule has 0 atom stereocenters. The fourth-order valence-corrected chi connectivity index (χ4v) is 4.53. The van der Waals surface area contributed by atoms with Crippen LogP contribution in [0.3, 0.4) is 0 Å². The minimum atomic E-state index is -3.58. The molecule has 0 spiro atoms. The highest BCUT2D eigenvalue weighted by Gasteiger charge is 2.24. The molecule has 0 aliphatic carbocycles. The average Bonchev–Trinajstić information content (AvgIpc) is 2.91. The highest BCUT2D eigenvalue weighted by Crippen LogP contribution is 2.21. The largest absolute Gasteiger partial charge is 0.268 e. The van der Waals surface area contributed by atoms with Gasteiger partial charge in [-0.15, -0.1) is 11.3 Å². The summed E-state index contributed by atoms with van der Waals surface area (Å²) in [5.74, 6) is 0.404. The Balaban J connectivity index is 2.26. The Kier molecular flexibility index (Phi) is 5.03. The van der Waals surface area contributed by atoms with Crippen molar-refractivity contribution in [1.82, 2.24) is 19.5 Å². The number of nitrogens with zero attached hydrogens (tertiary/aromatic N) is 3. The molecular weight excluding hydrogens is 320 g/mol. The van der Waals surface area contributed by atoms with Crippen molar-refractivity contribution in [3.8, 4) is 0 Å². The van der Waals surface area contributed by atoms with Gasteiger partial charge in [-0.05, 0) is 26.7 Å². The molecule has 6 nitrogen and oxygen atoms in total. The quantitative estimate of drug-likeness (QED) is 0.874.